The Morgan fingerprint density at radius 2 is 1.73 bits per heavy atom. The van der Waals surface area contributed by atoms with Crippen LogP contribution in [0.2, 0.25) is 0 Å². The number of nitrogens with zero attached hydrogens (tertiary/aromatic N) is 2. The van der Waals surface area contributed by atoms with Gasteiger partial charge in [-0.3, -0.25) is 9.59 Å². The zero-order valence-electron chi connectivity index (χ0n) is 15.1. The molecule has 134 valence electrons. The zero-order valence-corrected chi connectivity index (χ0v) is 15.1. The Morgan fingerprint density at radius 1 is 1.12 bits per heavy atom. The van der Waals surface area contributed by atoms with Crippen molar-refractivity contribution in [2.75, 3.05) is 7.05 Å². The molecule has 0 aliphatic rings. The number of aryl methyl sites for hydroxylation is 1. The first-order chi connectivity index (χ1) is 12.4. The van der Waals surface area contributed by atoms with Crippen molar-refractivity contribution in [3.8, 4) is 0 Å². The molecule has 0 radical (unpaired) electrons. The lowest BCUT2D eigenvalue weighted by Gasteiger charge is -2.28. The minimum Gasteiger partial charge on any atom is -0.335 e. The summed E-state index contributed by atoms with van der Waals surface area (Å²) in [7, 11) is 3.38. The van der Waals surface area contributed by atoms with Gasteiger partial charge in [-0.15, -0.1) is 0 Å². The van der Waals surface area contributed by atoms with Crippen molar-refractivity contribution in [2.45, 2.75) is 19.4 Å². The minimum atomic E-state index is -0.304. The lowest BCUT2D eigenvalue weighted by molar-refractivity contribution is 0.0727. The number of fused-ring (bicyclic) bond motifs is 1. The van der Waals surface area contributed by atoms with Crippen molar-refractivity contribution in [3.63, 3.8) is 0 Å². The number of halogens is 1. The number of amides is 1. The molecule has 3 aromatic rings. The van der Waals surface area contributed by atoms with Gasteiger partial charge in [-0.25, -0.2) is 4.39 Å². The Labute approximate surface area is 151 Å². The fraction of sp³-hybridized carbons (Fsp3) is 0.238. The highest BCUT2D eigenvalue weighted by Crippen LogP contribution is 2.26. The molecule has 2 aromatic carbocycles. The number of carbonyl (C=O) groups excluding carboxylic acids is 1. The topological polar surface area (TPSA) is 42.3 Å². The highest BCUT2D eigenvalue weighted by atomic mass is 19.1. The van der Waals surface area contributed by atoms with Crippen LogP contribution in [0.4, 0.5) is 4.39 Å². The highest BCUT2D eigenvalue weighted by molar-refractivity contribution is 6.06. The molecule has 0 fully saturated rings. The summed E-state index contributed by atoms with van der Waals surface area (Å²) in [4.78, 5) is 27.2. The molecule has 1 amide bonds. The van der Waals surface area contributed by atoms with E-state index in [2.05, 4.69) is 0 Å². The van der Waals surface area contributed by atoms with Crippen molar-refractivity contribution >= 4 is 16.7 Å². The molecule has 0 bridgehead atoms. The van der Waals surface area contributed by atoms with Gasteiger partial charge in [-0.05, 0) is 30.2 Å². The van der Waals surface area contributed by atoms with Crippen LogP contribution in [-0.4, -0.2) is 22.4 Å². The first kappa shape index (κ1) is 17.9. The van der Waals surface area contributed by atoms with E-state index in [1.54, 1.807) is 55.5 Å². The summed E-state index contributed by atoms with van der Waals surface area (Å²) in [5.74, 6) is -0.477. The third-order valence-electron chi connectivity index (χ3n) is 4.75. The number of rotatable bonds is 4. The maximum atomic E-state index is 13.2. The fourth-order valence-corrected chi connectivity index (χ4v) is 3.34. The molecule has 26 heavy (non-hydrogen) atoms. The van der Waals surface area contributed by atoms with Gasteiger partial charge in [0.25, 0.3) is 11.5 Å². The van der Waals surface area contributed by atoms with Gasteiger partial charge in [0.05, 0.1) is 11.6 Å². The SMILES string of the molecule is CC[C@H](c1ccc(F)cc1)N(C)C(=O)c1cn(C)c(=O)c2ccccc12. The monoisotopic (exact) mass is 352 g/mol. The maximum absolute atomic E-state index is 13.2. The summed E-state index contributed by atoms with van der Waals surface area (Å²) in [6.45, 7) is 1.98. The van der Waals surface area contributed by atoms with Crippen LogP contribution in [-0.2, 0) is 7.05 Å². The van der Waals surface area contributed by atoms with Crippen LogP contribution in [0.3, 0.4) is 0 Å². The normalized spacial score (nSPS) is 12.2. The van der Waals surface area contributed by atoms with Gasteiger partial charge in [-0.2, -0.15) is 0 Å². The molecule has 1 heterocycles. The standard InChI is InChI=1S/C21H21FN2O2/c1-4-19(14-9-11-15(22)12-10-14)24(3)21(26)18-13-23(2)20(25)17-8-6-5-7-16(17)18/h5-13,19H,4H2,1-3H3/t19-/m1/s1. The van der Waals surface area contributed by atoms with Crippen LogP contribution in [0, 0.1) is 5.82 Å². The van der Waals surface area contributed by atoms with Crippen molar-refractivity contribution in [1.82, 2.24) is 9.47 Å². The molecule has 0 aliphatic carbocycles. The van der Waals surface area contributed by atoms with Crippen LogP contribution in [0.5, 0.6) is 0 Å². The van der Waals surface area contributed by atoms with Crippen LogP contribution in [0.25, 0.3) is 10.8 Å². The number of carbonyl (C=O) groups is 1. The Morgan fingerprint density at radius 3 is 2.35 bits per heavy atom. The Kier molecular flexibility index (Phi) is 4.89. The van der Waals surface area contributed by atoms with E-state index in [0.29, 0.717) is 22.8 Å². The predicted octanol–water partition coefficient (Wildman–Crippen LogP) is 3.90. The molecule has 3 rings (SSSR count). The van der Waals surface area contributed by atoms with Gasteiger partial charge in [0.1, 0.15) is 5.82 Å². The third kappa shape index (κ3) is 3.12. The van der Waals surface area contributed by atoms with Crippen LogP contribution in [0.1, 0.15) is 35.3 Å². The molecule has 0 saturated heterocycles. The van der Waals surface area contributed by atoms with Crippen molar-refractivity contribution in [2.24, 2.45) is 7.05 Å². The van der Waals surface area contributed by atoms with Crippen LogP contribution >= 0.6 is 0 Å². The Hall–Kier alpha value is -2.95. The molecule has 1 atom stereocenters. The van der Waals surface area contributed by atoms with Crippen molar-refractivity contribution in [1.29, 1.82) is 0 Å². The number of benzene rings is 2. The van der Waals surface area contributed by atoms with Crippen molar-refractivity contribution in [3.05, 3.63) is 82.0 Å². The quantitative estimate of drug-likeness (QED) is 0.715. The molecule has 0 aliphatic heterocycles. The van der Waals surface area contributed by atoms with E-state index in [1.807, 2.05) is 13.0 Å². The zero-order chi connectivity index (χ0) is 18.8. The first-order valence-corrected chi connectivity index (χ1v) is 8.55. The predicted molar refractivity (Wildman–Crippen MR) is 101 cm³/mol. The first-order valence-electron chi connectivity index (χ1n) is 8.55. The number of hydrogen-bond acceptors (Lipinski definition) is 2. The molecule has 0 spiro atoms. The second kappa shape index (κ2) is 7.12. The smallest absolute Gasteiger partial charge is 0.258 e. The molecule has 4 nitrogen and oxygen atoms in total. The van der Waals surface area contributed by atoms with Gasteiger partial charge >= 0.3 is 0 Å². The van der Waals surface area contributed by atoms with Crippen molar-refractivity contribution < 1.29 is 9.18 Å². The minimum absolute atomic E-state index is 0.134. The highest BCUT2D eigenvalue weighted by Gasteiger charge is 2.23. The molecular weight excluding hydrogens is 331 g/mol. The summed E-state index contributed by atoms with van der Waals surface area (Å²) in [6.07, 6.45) is 2.28. The summed E-state index contributed by atoms with van der Waals surface area (Å²) in [6, 6.07) is 13.1. The van der Waals surface area contributed by atoms with E-state index in [1.165, 1.54) is 16.7 Å². The van der Waals surface area contributed by atoms with E-state index in [-0.39, 0.29) is 23.3 Å². The summed E-state index contributed by atoms with van der Waals surface area (Å²) >= 11 is 0. The van der Waals surface area contributed by atoms with Crippen LogP contribution < -0.4 is 5.56 Å². The average molecular weight is 352 g/mol. The van der Waals surface area contributed by atoms with Gasteiger partial charge in [0, 0.05) is 31.1 Å². The second-order valence-corrected chi connectivity index (χ2v) is 6.40. The Bertz CT molecular complexity index is 1010. The fourth-order valence-electron chi connectivity index (χ4n) is 3.34. The van der Waals surface area contributed by atoms with E-state index in [4.69, 9.17) is 0 Å². The van der Waals surface area contributed by atoms with Gasteiger partial charge in [0.15, 0.2) is 0 Å². The van der Waals surface area contributed by atoms with Gasteiger partial charge < -0.3 is 9.47 Å². The van der Waals surface area contributed by atoms with E-state index >= 15 is 0 Å². The second-order valence-electron chi connectivity index (χ2n) is 6.40. The van der Waals surface area contributed by atoms with Gasteiger partial charge in [-0.1, -0.05) is 37.3 Å². The lowest BCUT2D eigenvalue weighted by atomic mass is 10.0. The maximum Gasteiger partial charge on any atom is 0.258 e. The molecule has 1 aromatic heterocycles. The molecule has 5 heteroatoms. The molecule has 0 saturated carbocycles. The number of aromatic nitrogens is 1. The average Bonchev–Trinajstić information content (AvgIpc) is 2.66. The third-order valence-corrected chi connectivity index (χ3v) is 4.75. The lowest BCUT2D eigenvalue weighted by Crippen LogP contribution is -2.32. The van der Waals surface area contributed by atoms with E-state index in [0.717, 1.165) is 5.56 Å². The largest absolute Gasteiger partial charge is 0.335 e. The van der Waals surface area contributed by atoms with Gasteiger partial charge in [0.2, 0.25) is 0 Å². The van der Waals surface area contributed by atoms with E-state index in [9.17, 15) is 14.0 Å². The molecular formula is C21H21FN2O2. The Balaban J connectivity index is 2.05. The van der Waals surface area contributed by atoms with Crippen LogP contribution in [0.15, 0.2) is 59.5 Å². The van der Waals surface area contributed by atoms with E-state index < -0.39 is 0 Å². The number of hydrogen-bond donors (Lipinski definition) is 0. The molecule has 0 N–H and O–H groups in total. The molecule has 0 unspecified atom stereocenters. The summed E-state index contributed by atoms with van der Waals surface area (Å²) < 4.78 is 14.7. The summed E-state index contributed by atoms with van der Waals surface area (Å²) in [5, 5.41) is 1.16. The number of pyridine rings is 1. The summed E-state index contributed by atoms with van der Waals surface area (Å²) in [5.41, 5.74) is 1.22.